The van der Waals surface area contributed by atoms with Gasteiger partial charge >= 0.3 is 0 Å². The first kappa shape index (κ1) is 31.3. The normalized spacial score (nSPS) is 17.8. The molecule has 3 atom stereocenters. The number of aryl methyl sites for hydroxylation is 1. The van der Waals surface area contributed by atoms with Gasteiger partial charge in [0, 0.05) is 32.4 Å². The number of hydrogen-bond donors (Lipinski definition) is 3. The summed E-state index contributed by atoms with van der Waals surface area (Å²) >= 11 is 1.59. The third-order valence-electron chi connectivity index (χ3n) is 7.19. The summed E-state index contributed by atoms with van der Waals surface area (Å²) in [5, 5.41) is 16.2. The summed E-state index contributed by atoms with van der Waals surface area (Å²) in [6.45, 7) is 7.98. The first-order valence-corrected chi connectivity index (χ1v) is 14.9. The molecule has 1 aromatic heterocycles. The number of likely N-dealkylation sites (tertiary alicyclic amines) is 1. The lowest BCUT2D eigenvalue weighted by Gasteiger charge is -2.35. The molecule has 3 N–H and O–H groups in total. The molecule has 1 aliphatic rings. The second-order valence-electron chi connectivity index (χ2n) is 11.6. The van der Waals surface area contributed by atoms with Crippen LogP contribution in [0.3, 0.4) is 0 Å². The van der Waals surface area contributed by atoms with Gasteiger partial charge in [0.2, 0.25) is 17.7 Å². The summed E-state index contributed by atoms with van der Waals surface area (Å²) in [5.41, 5.74) is 4.23. The Morgan fingerprint density at radius 2 is 1.88 bits per heavy atom. The van der Waals surface area contributed by atoms with Crippen molar-refractivity contribution in [1.82, 2.24) is 20.5 Å². The van der Waals surface area contributed by atoms with Crippen molar-refractivity contribution in [3.63, 3.8) is 0 Å². The van der Waals surface area contributed by atoms with Crippen LogP contribution in [-0.2, 0) is 20.9 Å². The molecule has 40 heavy (non-hydrogen) atoms. The molecule has 1 saturated heterocycles. The van der Waals surface area contributed by atoms with Crippen LogP contribution in [0, 0.1) is 24.7 Å². The second-order valence-corrected chi connectivity index (χ2v) is 12.4. The van der Waals surface area contributed by atoms with Gasteiger partial charge in [0.1, 0.15) is 12.1 Å². The molecule has 8 nitrogen and oxygen atoms in total. The van der Waals surface area contributed by atoms with Crippen LogP contribution in [-0.4, -0.2) is 57.4 Å². The van der Waals surface area contributed by atoms with Gasteiger partial charge < -0.3 is 20.6 Å². The number of carbonyl (C=O) groups excluding carboxylic acids is 3. The molecule has 0 spiro atoms. The Morgan fingerprint density at radius 1 is 1.18 bits per heavy atom. The van der Waals surface area contributed by atoms with Gasteiger partial charge in [-0.25, -0.2) is 4.98 Å². The second kappa shape index (κ2) is 14.4. The zero-order chi connectivity index (χ0) is 29.3. The topological polar surface area (TPSA) is 112 Å². The van der Waals surface area contributed by atoms with E-state index in [1.807, 2.05) is 57.5 Å². The number of nitrogens with one attached hydrogen (secondary N) is 2. The van der Waals surface area contributed by atoms with E-state index in [1.165, 1.54) is 4.90 Å². The predicted molar refractivity (Wildman–Crippen MR) is 158 cm³/mol. The number of thiazole rings is 1. The van der Waals surface area contributed by atoms with Crippen LogP contribution in [0.5, 0.6) is 0 Å². The monoisotopic (exact) mass is 566 g/mol. The van der Waals surface area contributed by atoms with Gasteiger partial charge in [-0.2, -0.15) is 0 Å². The lowest BCUT2D eigenvalue weighted by atomic mass is 9.85. The van der Waals surface area contributed by atoms with E-state index in [-0.39, 0.29) is 30.7 Å². The van der Waals surface area contributed by atoms with Crippen LogP contribution < -0.4 is 10.6 Å². The molecular formula is C31H42N4O4S. The average molecular weight is 567 g/mol. The van der Waals surface area contributed by atoms with E-state index >= 15 is 0 Å². The molecule has 0 saturated carbocycles. The molecule has 1 aromatic carbocycles. The number of nitrogens with zero attached hydrogens (tertiary/aromatic N) is 2. The largest absolute Gasteiger partial charge is 0.391 e. The van der Waals surface area contributed by atoms with Crippen molar-refractivity contribution < 1.29 is 19.5 Å². The molecule has 2 heterocycles. The quantitative estimate of drug-likeness (QED) is 0.263. The Labute approximate surface area is 242 Å². The van der Waals surface area contributed by atoms with Gasteiger partial charge in [0.05, 0.1) is 22.2 Å². The minimum atomic E-state index is -0.815. The lowest BCUT2D eigenvalue weighted by Crippen LogP contribution is -2.57. The summed E-state index contributed by atoms with van der Waals surface area (Å²) in [6, 6.07) is 6.31. The molecule has 3 unspecified atom stereocenters. The lowest BCUT2D eigenvalue weighted by molar-refractivity contribution is -0.144. The Balaban J connectivity index is 1.59. The molecule has 9 heteroatoms. The third-order valence-corrected chi connectivity index (χ3v) is 8.16. The van der Waals surface area contributed by atoms with Crippen molar-refractivity contribution in [2.75, 3.05) is 6.54 Å². The molecule has 0 radical (unpaired) electrons. The highest BCUT2D eigenvalue weighted by atomic mass is 32.1. The molecule has 0 bridgehead atoms. The fourth-order valence-corrected chi connectivity index (χ4v) is 5.69. The minimum absolute atomic E-state index is 0.0530. The van der Waals surface area contributed by atoms with Crippen LogP contribution in [0.25, 0.3) is 10.4 Å². The number of aliphatic hydroxyl groups excluding tert-OH is 1. The van der Waals surface area contributed by atoms with Gasteiger partial charge in [0.15, 0.2) is 0 Å². The summed E-state index contributed by atoms with van der Waals surface area (Å²) < 4.78 is 0. The maximum absolute atomic E-state index is 13.7. The zero-order valence-corrected chi connectivity index (χ0v) is 24.9. The SMILES string of the molecule is C#CCCCCCCC(=O)NC(C(=O)N1CC(O)CC1C(=O)NCc1ccc(-c2scnc2C)cc1)C(C)(C)C. The Bertz CT molecular complexity index is 1200. The highest BCUT2D eigenvalue weighted by molar-refractivity contribution is 7.13. The van der Waals surface area contributed by atoms with Crippen molar-refractivity contribution in [2.24, 2.45) is 5.41 Å². The van der Waals surface area contributed by atoms with E-state index in [9.17, 15) is 19.5 Å². The number of unbranched alkanes of at least 4 members (excludes halogenated alkanes) is 4. The standard InChI is InChI=1S/C31H42N4O4S/c1-6-7-8-9-10-11-12-26(37)34-28(31(3,4)5)30(39)35-19-24(36)17-25(35)29(38)32-18-22-13-15-23(16-14-22)27-21(2)33-20-40-27/h1,13-16,20,24-25,28,36H,7-12,17-19H2,2-5H3,(H,32,38)(H,34,37). The van der Waals surface area contributed by atoms with Crippen molar-refractivity contribution in [3.8, 4) is 22.8 Å². The summed E-state index contributed by atoms with van der Waals surface area (Å²) in [7, 11) is 0. The Morgan fingerprint density at radius 3 is 2.50 bits per heavy atom. The van der Waals surface area contributed by atoms with Crippen molar-refractivity contribution in [1.29, 1.82) is 0 Å². The maximum atomic E-state index is 13.7. The highest BCUT2D eigenvalue weighted by Gasteiger charge is 2.44. The van der Waals surface area contributed by atoms with Crippen molar-refractivity contribution in [2.45, 2.75) is 97.4 Å². The fourth-order valence-electron chi connectivity index (χ4n) is 4.88. The number of β-amino-alcohol motifs (C(OH)–C–C–N with tert-alkyl or cyclic N) is 1. The van der Waals surface area contributed by atoms with E-state index < -0.39 is 23.6 Å². The average Bonchev–Trinajstić information content (AvgIpc) is 3.52. The van der Waals surface area contributed by atoms with E-state index in [4.69, 9.17) is 6.42 Å². The van der Waals surface area contributed by atoms with Gasteiger partial charge in [-0.05, 0) is 36.3 Å². The Hall–Kier alpha value is -3.22. The summed E-state index contributed by atoms with van der Waals surface area (Å²) in [6.07, 6.45) is 9.23. The van der Waals surface area contributed by atoms with Gasteiger partial charge in [-0.15, -0.1) is 23.7 Å². The molecule has 2 aromatic rings. The van der Waals surface area contributed by atoms with Crippen LogP contribution in [0.1, 0.15) is 77.0 Å². The van der Waals surface area contributed by atoms with E-state index in [2.05, 4.69) is 21.5 Å². The van der Waals surface area contributed by atoms with Crippen LogP contribution in [0.4, 0.5) is 0 Å². The fraction of sp³-hybridized carbons (Fsp3) is 0.548. The molecule has 3 amide bonds. The maximum Gasteiger partial charge on any atom is 0.246 e. The minimum Gasteiger partial charge on any atom is -0.391 e. The van der Waals surface area contributed by atoms with E-state index in [0.717, 1.165) is 53.8 Å². The van der Waals surface area contributed by atoms with Crippen LogP contribution in [0.15, 0.2) is 29.8 Å². The first-order valence-electron chi connectivity index (χ1n) is 14.0. The number of aromatic nitrogens is 1. The van der Waals surface area contributed by atoms with Gasteiger partial charge in [0.25, 0.3) is 0 Å². The molecule has 216 valence electrons. The number of aliphatic hydroxyl groups is 1. The van der Waals surface area contributed by atoms with Gasteiger partial charge in [-0.3, -0.25) is 14.4 Å². The number of rotatable bonds is 12. The van der Waals surface area contributed by atoms with Crippen molar-refractivity contribution >= 4 is 29.1 Å². The van der Waals surface area contributed by atoms with Crippen LogP contribution in [0.2, 0.25) is 0 Å². The smallest absolute Gasteiger partial charge is 0.246 e. The third kappa shape index (κ3) is 8.64. The van der Waals surface area contributed by atoms with Gasteiger partial charge in [-0.1, -0.05) is 57.9 Å². The molecule has 3 rings (SSSR count). The number of hydrogen-bond acceptors (Lipinski definition) is 6. The summed E-state index contributed by atoms with van der Waals surface area (Å²) in [5.74, 6) is 1.76. The molecule has 1 fully saturated rings. The van der Waals surface area contributed by atoms with Crippen LogP contribution >= 0.6 is 11.3 Å². The number of benzene rings is 1. The molecular weight excluding hydrogens is 524 g/mol. The summed E-state index contributed by atoms with van der Waals surface area (Å²) in [4.78, 5) is 46.4. The number of amides is 3. The molecule has 1 aliphatic heterocycles. The first-order chi connectivity index (χ1) is 19.0. The van der Waals surface area contributed by atoms with Crippen molar-refractivity contribution in [3.05, 3.63) is 41.0 Å². The number of terminal acetylenes is 1. The number of carbonyl (C=O) groups is 3. The predicted octanol–water partition coefficient (Wildman–Crippen LogP) is 4.20. The van der Waals surface area contributed by atoms with E-state index in [0.29, 0.717) is 13.0 Å². The van der Waals surface area contributed by atoms with E-state index in [1.54, 1.807) is 11.3 Å². The zero-order valence-electron chi connectivity index (χ0n) is 24.0. The Kier molecular flexibility index (Phi) is 11.3. The highest BCUT2D eigenvalue weighted by Crippen LogP contribution is 2.28. The molecule has 0 aliphatic carbocycles.